The predicted octanol–water partition coefficient (Wildman–Crippen LogP) is 5.96. The summed E-state index contributed by atoms with van der Waals surface area (Å²) in [6, 6.07) is 8.14. The van der Waals surface area contributed by atoms with Crippen LogP contribution in [0.4, 0.5) is 30.2 Å². The summed E-state index contributed by atoms with van der Waals surface area (Å²) in [5.74, 6) is 5.80. The van der Waals surface area contributed by atoms with E-state index in [1.54, 1.807) is 36.3 Å². The van der Waals surface area contributed by atoms with Crippen molar-refractivity contribution in [1.29, 1.82) is 0 Å². The molecule has 0 saturated carbocycles. The molecule has 1 aliphatic carbocycles. The lowest BCUT2D eigenvalue weighted by Crippen LogP contribution is -2.49. The Morgan fingerprint density at radius 2 is 1.98 bits per heavy atom. The Balaban J connectivity index is 1.13. The van der Waals surface area contributed by atoms with Crippen molar-refractivity contribution in [1.82, 2.24) is 29.0 Å². The van der Waals surface area contributed by atoms with Gasteiger partial charge in [0.15, 0.2) is 5.65 Å². The van der Waals surface area contributed by atoms with E-state index in [1.165, 1.54) is 6.07 Å². The quantitative estimate of drug-likeness (QED) is 0.210. The number of allylic oxidation sites excluding steroid dienone is 3. The second-order valence-corrected chi connectivity index (χ2v) is 12.9. The zero-order valence-corrected chi connectivity index (χ0v) is 28.6. The van der Waals surface area contributed by atoms with Crippen LogP contribution < -0.4 is 10.6 Å². The number of ether oxygens (including phenoxy) is 1. The molecule has 0 bridgehead atoms. The molecule has 262 valence electrons. The van der Waals surface area contributed by atoms with Crippen molar-refractivity contribution in [2.45, 2.75) is 45.6 Å². The minimum Gasteiger partial charge on any atom is -0.383 e. The van der Waals surface area contributed by atoms with Gasteiger partial charge in [0.05, 0.1) is 42.5 Å². The summed E-state index contributed by atoms with van der Waals surface area (Å²) in [6.07, 6.45) is 6.53. The van der Waals surface area contributed by atoms with E-state index in [9.17, 15) is 18.0 Å². The number of imidazole rings is 1. The Kier molecular flexibility index (Phi) is 10.4. The number of methoxy groups -OCH3 is 1. The smallest absolute Gasteiger partial charge is 0.383 e. The van der Waals surface area contributed by atoms with E-state index in [0.29, 0.717) is 49.6 Å². The van der Waals surface area contributed by atoms with Crippen LogP contribution in [0.5, 0.6) is 0 Å². The molecule has 4 heterocycles. The highest BCUT2D eigenvalue weighted by Gasteiger charge is 2.35. The van der Waals surface area contributed by atoms with Crippen LogP contribution >= 0.6 is 0 Å². The molecule has 2 atom stereocenters. The van der Waals surface area contributed by atoms with Crippen molar-refractivity contribution >= 4 is 28.6 Å². The summed E-state index contributed by atoms with van der Waals surface area (Å²) in [4.78, 5) is 22.1. The number of alkyl halides is 3. The molecule has 0 spiro atoms. The van der Waals surface area contributed by atoms with Gasteiger partial charge >= 0.3 is 6.18 Å². The fourth-order valence-corrected chi connectivity index (χ4v) is 6.16. The first-order valence-corrected chi connectivity index (χ1v) is 16.6. The van der Waals surface area contributed by atoms with Crippen LogP contribution in [0.15, 0.2) is 78.4 Å². The first kappa shape index (κ1) is 34.9. The molecule has 10 nitrogen and oxygen atoms in total. The molecule has 1 aromatic carbocycles. The predicted molar refractivity (Wildman–Crippen MR) is 187 cm³/mol. The number of likely N-dealkylation sites (N-methyl/N-ethyl adjacent to an activating group) is 1. The Morgan fingerprint density at radius 1 is 1.14 bits per heavy atom. The van der Waals surface area contributed by atoms with Gasteiger partial charge in [0.25, 0.3) is 5.91 Å². The maximum absolute atomic E-state index is 14.2. The van der Waals surface area contributed by atoms with Gasteiger partial charge in [-0.15, -0.1) is 0 Å². The van der Waals surface area contributed by atoms with Crippen LogP contribution in [-0.4, -0.2) is 81.3 Å². The maximum atomic E-state index is 14.2. The summed E-state index contributed by atoms with van der Waals surface area (Å²) < 4.78 is 51.3. The number of anilines is 3. The van der Waals surface area contributed by atoms with Crippen LogP contribution in [0.25, 0.3) is 5.65 Å². The number of carbonyl (C=O) groups excluding carboxylic acids is 1. The topological polar surface area (TPSA) is 92.0 Å². The van der Waals surface area contributed by atoms with Crippen LogP contribution in [0.3, 0.4) is 0 Å². The normalized spacial score (nSPS) is 18.7. The Bertz CT molecular complexity index is 1980. The zero-order chi connectivity index (χ0) is 35.4. The zero-order valence-electron chi connectivity index (χ0n) is 28.6. The molecule has 0 radical (unpaired) electrons. The number of halogens is 3. The van der Waals surface area contributed by atoms with Crippen molar-refractivity contribution in [2.75, 3.05) is 51.0 Å². The summed E-state index contributed by atoms with van der Waals surface area (Å²) in [6.45, 7) is 7.60. The van der Waals surface area contributed by atoms with E-state index < -0.39 is 17.6 Å². The monoisotopic (exact) mass is 686 g/mol. The second kappa shape index (κ2) is 14.9. The number of aromatic nitrogens is 4. The molecule has 1 saturated heterocycles. The van der Waals surface area contributed by atoms with Crippen molar-refractivity contribution in [3.05, 3.63) is 95.2 Å². The molecule has 1 amide bonds. The van der Waals surface area contributed by atoms with E-state index in [0.717, 1.165) is 29.6 Å². The van der Waals surface area contributed by atoms with Crippen LogP contribution in [-0.2, 0) is 28.8 Å². The average molecular weight is 687 g/mol. The Labute approximate surface area is 289 Å². The van der Waals surface area contributed by atoms with Crippen LogP contribution in [0, 0.1) is 17.8 Å². The molecule has 1 aliphatic heterocycles. The lowest BCUT2D eigenvalue weighted by atomic mass is 9.88. The highest BCUT2D eigenvalue weighted by atomic mass is 19.4. The minimum atomic E-state index is -4.55. The summed E-state index contributed by atoms with van der Waals surface area (Å²) in [5.41, 5.74) is 3.97. The second-order valence-electron chi connectivity index (χ2n) is 12.9. The molecule has 1 unspecified atom stereocenters. The van der Waals surface area contributed by atoms with E-state index >= 15 is 0 Å². The van der Waals surface area contributed by atoms with Gasteiger partial charge in [0.2, 0.25) is 0 Å². The Hall–Kier alpha value is -4.90. The number of nitrogens with zero attached hydrogens (tertiary/aromatic N) is 6. The number of piperazine rings is 1. The lowest BCUT2D eigenvalue weighted by Gasteiger charge is -2.38. The number of nitrogens with one attached hydrogen (secondary N) is 2. The molecule has 4 aromatic rings. The van der Waals surface area contributed by atoms with Gasteiger partial charge in [0, 0.05) is 68.9 Å². The lowest BCUT2D eigenvalue weighted by molar-refractivity contribution is -0.138. The van der Waals surface area contributed by atoms with Gasteiger partial charge in [-0.1, -0.05) is 29.7 Å². The summed E-state index contributed by atoms with van der Waals surface area (Å²) >= 11 is 0. The highest BCUT2D eigenvalue weighted by molar-refractivity contribution is 6.04. The number of rotatable bonds is 9. The third-order valence-corrected chi connectivity index (χ3v) is 9.27. The number of hydrogen-bond donors (Lipinski definition) is 2. The first-order valence-electron chi connectivity index (χ1n) is 16.6. The molecule has 13 heteroatoms. The average Bonchev–Trinajstić information content (AvgIpc) is 3.72. The van der Waals surface area contributed by atoms with Gasteiger partial charge in [-0.2, -0.15) is 18.3 Å². The molecule has 3 aromatic heterocycles. The molecular formula is C37H41F3N8O2. The van der Waals surface area contributed by atoms with E-state index in [-0.39, 0.29) is 29.8 Å². The largest absolute Gasteiger partial charge is 0.416 e. The maximum Gasteiger partial charge on any atom is 0.416 e. The van der Waals surface area contributed by atoms with E-state index in [4.69, 9.17) is 4.74 Å². The van der Waals surface area contributed by atoms with Crippen molar-refractivity contribution < 1.29 is 22.7 Å². The van der Waals surface area contributed by atoms with Crippen LogP contribution in [0.2, 0.25) is 0 Å². The van der Waals surface area contributed by atoms with Gasteiger partial charge in [-0.3, -0.25) is 18.8 Å². The van der Waals surface area contributed by atoms with E-state index in [1.807, 2.05) is 53.9 Å². The minimum absolute atomic E-state index is 0.102. The van der Waals surface area contributed by atoms with Gasteiger partial charge in [-0.25, -0.2) is 4.98 Å². The third kappa shape index (κ3) is 8.10. The number of pyridine rings is 1. The fourth-order valence-electron chi connectivity index (χ4n) is 6.16. The molecular weight excluding hydrogens is 645 g/mol. The highest BCUT2D eigenvalue weighted by Crippen LogP contribution is 2.35. The van der Waals surface area contributed by atoms with Crippen molar-refractivity contribution in [3.63, 3.8) is 0 Å². The van der Waals surface area contributed by atoms with Gasteiger partial charge < -0.3 is 20.3 Å². The number of fused-ring (bicyclic) bond motifs is 1. The van der Waals surface area contributed by atoms with Gasteiger partial charge in [-0.05, 0) is 63.1 Å². The molecule has 1 fully saturated rings. The van der Waals surface area contributed by atoms with E-state index in [2.05, 4.69) is 44.4 Å². The standard InChI is InChI=1S/C37H41F3N8O2/c1-25-7-8-28(36(49)44-30-11-9-29(33(19-30)37(38,39)40)23-46-15-14-45(3)26(2)22-46)18-27(25)10-12-32-21-41-35-34(6-5-13-48(32)35)43-31-20-42-47(24-31)16-17-50-4/h5-9,11,13,19-21,24,26-27,43H,14-18,22-23H2,1-4H3,(H,44,49)/t26-,27?/m1/s1. The third-order valence-electron chi connectivity index (χ3n) is 9.27. The number of carbonyl (C=O) groups is 1. The molecule has 2 aliphatic rings. The van der Waals surface area contributed by atoms with Crippen LogP contribution in [0.1, 0.15) is 37.1 Å². The Morgan fingerprint density at radius 3 is 2.76 bits per heavy atom. The fraction of sp³-hybridized carbons (Fsp3) is 0.378. The number of amides is 1. The molecule has 50 heavy (non-hydrogen) atoms. The molecule has 6 rings (SSSR count). The SMILES string of the molecule is COCCn1cc(Nc2cccn3c(C#CC4CC(C(=O)Nc5ccc(CN6CCN(C)[C@H](C)C6)c(C(F)(F)F)c5)=CC=C4C)cnc23)cn1. The molecule has 2 N–H and O–H groups in total. The first-order chi connectivity index (χ1) is 24.0. The van der Waals surface area contributed by atoms with Crippen molar-refractivity contribution in [3.8, 4) is 11.8 Å². The van der Waals surface area contributed by atoms with Crippen molar-refractivity contribution in [2.24, 2.45) is 5.92 Å². The van der Waals surface area contributed by atoms with Gasteiger partial charge in [0.1, 0.15) is 5.69 Å². The summed E-state index contributed by atoms with van der Waals surface area (Å²) in [7, 11) is 3.67. The number of benzene rings is 1. The summed E-state index contributed by atoms with van der Waals surface area (Å²) in [5, 5.41) is 10.4. The number of hydrogen-bond acceptors (Lipinski definition) is 7.